The zero-order chi connectivity index (χ0) is 21.1. The molecule has 0 atom stereocenters. The molecule has 30 heavy (non-hydrogen) atoms. The molecule has 154 valence electrons. The van der Waals surface area contributed by atoms with Crippen LogP contribution >= 0.6 is 11.3 Å². The van der Waals surface area contributed by atoms with Gasteiger partial charge in [-0.05, 0) is 36.4 Å². The van der Waals surface area contributed by atoms with E-state index >= 15 is 0 Å². The maximum absolute atomic E-state index is 12.6. The van der Waals surface area contributed by atoms with Gasteiger partial charge in [0, 0.05) is 28.0 Å². The molecule has 4 aromatic rings. The Morgan fingerprint density at radius 3 is 2.87 bits per heavy atom. The molecule has 2 aromatic heterocycles. The van der Waals surface area contributed by atoms with Crippen molar-refractivity contribution in [3.05, 3.63) is 60.1 Å². The third-order valence-corrected chi connectivity index (χ3v) is 5.18. The molecule has 0 spiro atoms. The van der Waals surface area contributed by atoms with E-state index in [1.165, 1.54) is 17.4 Å². The summed E-state index contributed by atoms with van der Waals surface area (Å²) >= 11 is 1.21. The molecule has 6 nitrogen and oxygen atoms in total. The lowest BCUT2D eigenvalue weighted by Crippen LogP contribution is -2.18. The highest BCUT2D eigenvalue weighted by Gasteiger charge is 2.15. The van der Waals surface area contributed by atoms with Gasteiger partial charge in [0.1, 0.15) is 18.0 Å². The number of hydrogen-bond acceptors (Lipinski definition) is 5. The Bertz CT molecular complexity index is 1190. The topological polar surface area (TPSA) is 65.4 Å². The van der Waals surface area contributed by atoms with E-state index in [0.29, 0.717) is 16.4 Å². The first-order chi connectivity index (χ1) is 14.5. The summed E-state index contributed by atoms with van der Waals surface area (Å²) in [4.78, 5) is 16.8. The van der Waals surface area contributed by atoms with E-state index in [2.05, 4.69) is 15.0 Å². The van der Waals surface area contributed by atoms with Gasteiger partial charge in [-0.25, -0.2) is 4.98 Å². The zero-order valence-corrected chi connectivity index (χ0v) is 16.7. The Morgan fingerprint density at radius 1 is 1.23 bits per heavy atom. The Kier molecular flexibility index (Phi) is 5.62. The number of alkyl halides is 2. The number of ether oxygens (including phenoxy) is 2. The highest BCUT2D eigenvalue weighted by atomic mass is 32.1. The van der Waals surface area contributed by atoms with Crippen molar-refractivity contribution in [3.8, 4) is 22.8 Å². The molecule has 9 heteroatoms. The van der Waals surface area contributed by atoms with Crippen molar-refractivity contribution < 1.29 is 23.0 Å². The quantitative estimate of drug-likeness (QED) is 0.448. The van der Waals surface area contributed by atoms with Gasteiger partial charge in [-0.1, -0.05) is 12.1 Å². The monoisotopic (exact) mass is 429 g/mol. The molecule has 1 amide bonds. The smallest absolute Gasteiger partial charge is 0.387 e. The molecule has 0 aliphatic heterocycles. The lowest BCUT2D eigenvalue weighted by molar-refractivity contribution is -0.116. The minimum Gasteiger partial charge on any atom is -0.497 e. The molecule has 2 heterocycles. The second-order valence-electron chi connectivity index (χ2n) is 6.33. The van der Waals surface area contributed by atoms with Crippen LogP contribution in [-0.2, 0) is 11.3 Å². The first kappa shape index (κ1) is 19.8. The molecule has 0 aliphatic carbocycles. The van der Waals surface area contributed by atoms with Gasteiger partial charge in [0.25, 0.3) is 0 Å². The highest BCUT2D eigenvalue weighted by Crippen LogP contribution is 2.33. The molecule has 0 radical (unpaired) electrons. The van der Waals surface area contributed by atoms with Crippen LogP contribution in [-0.4, -0.2) is 29.2 Å². The third-order valence-electron chi connectivity index (χ3n) is 4.42. The van der Waals surface area contributed by atoms with Crippen LogP contribution < -0.4 is 14.8 Å². The number of rotatable bonds is 7. The van der Waals surface area contributed by atoms with Crippen LogP contribution in [0.2, 0.25) is 0 Å². The molecule has 0 fully saturated rings. The fourth-order valence-corrected chi connectivity index (χ4v) is 3.82. The van der Waals surface area contributed by atoms with Crippen molar-refractivity contribution in [2.75, 3.05) is 12.4 Å². The number of thiazole rings is 1. The van der Waals surface area contributed by atoms with E-state index in [-0.39, 0.29) is 18.2 Å². The first-order valence-corrected chi connectivity index (χ1v) is 9.84. The van der Waals surface area contributed by atoms with Gasteiger partial charge in [-0.15, -0.1) is 11.3 Å². The number of para-hydroxylation sites is 1. The Hall–Kier alpha value is -3.46. The van der Waals surface area contributed by atoms with E-state index in [9.17, 15) is 13.6 Å². The fraction of sp³-hybridized carbons (Fsp3) is 0.143. The summed E-state index contributed by atoms with van der Waals surface area (Å²) in [6.07, 6.45) is 1.83. The fourth-order valence-electron chi connectivity index (χ4n) is 3.09. The summed E-state index contributed by atoms with van der Waals surface area (Å²) < 4.78 is 36.8. The normalized spacial score (nSPS) is 11.1. The van der Waals surface area contributed by atoms with Gasteiger partial charge in [-0.3, -0.25) is 4.79 Å². The molecular formula is C21H17F2N3O3S. The van der Waals surface area contributed by atoms with Crippen LogP contribution in [0.3, 0.4) is 0 Å². The number of hydrogen-bond donors (Lipinski definition) is 1. The van der Waals surface area contributed by atoms with Crippen molar-refractivity contribution in [2.24, 2.45) is 0 Å². The number of halogens is 2. The second kappa shape index (κ2) is 8.50. The lowest BCUT2D eigenvalue weighted by atomic mass is 10.1. The molecule has 0 unspecified atom stereocenters. The van der Waals surface area contributed by atoms with Gasteiger partial charge >= 0.3 is 6.61 Å². The van der Waals surface area contributed by atoms with Crippen LogP contribution in [0.4, 0.5) is 13.9 Å². The number of nitrogens with one attached hydrogen (secondary N) is 1. The van der Waals surface area contributed by atoms with Crippen molar-refractivity contribution in [1.29, 1.82) is 0 Å². The van der Waals surface area contributed by atoms with E-state index in [4.69, 9.17) is 4.74 Å². The number of nitrogens with zero attached hydrogens (tertiary/aromatic N) is 2. The molecule has 2 aromatic carbocycles. The number of fused-ring (bicyclic) bond motifs is 1. The number of anilines is 1. The minimum atomic E-state index is -2.93. The van der Waals surface area contributed by atoms with E-state index < -0.39 is 6.61 Å². The minimum absolute atomic E-state index is 0.0323. The van der Waals surface area contributed by atoms with Gasteiger partial charge in [0.2, 0.25) is 5.91 Å². The number of carbonyl (C=O) groups is 1. The van der Waals surface area contributed by atoms with E-state index in [1.54, 1.807) is 30.7 Å². The maximum atomic E-state index is 12.6. The average Bonchev–Trinajstić information content (AvgIpc) is 3.34. The molecule has 0 saturated carbocycles. The zero-order valence-electron chi connectivity index (χ0n) is 15.8. The van der Waals surface area contributed by atoms with Crippen molar-refractivity contribution in [2.45, 2.75) is 13.2 Å². The number of aromatic nitrogens is 2. The van der Waals surface area contributed by atoms with E-state index in [0.717, 1.165) is 16.7 Å². The number of amides is 1. The Morgan fingerprint density at radius 2 is 2.07 bits per heavy atom. The molecule has 0 bridgehead atoms. The van der Waals surface area contributed by atoms with Crippen LogP contribution in [0, 0.1) is 0 Å². The van der Waals surface area contributed by atoms with Crippen LogP contribution in [0.15, 0.2) is 60.1 Å². The van der Waals surface area contributed by atoms with E-state index in [1.807, 2.05) is 35.0 Å². The maximum Gasteiger partial charge on any atom is 0.387 e. The summed E-state index contributed by atoms with van der Waals surface area (Å²) in [6, 6.07) is 13.9. The van der Waals surface area contributed by atoms with Gasteiger partial charge in [0.15, 0.2) is 5.13 Å². The number of carbonyl (C=O) groups excluding carboxylic acids is 1. The van der Waals surface area contributed by atoms with Crippen molar-refractivity contribution in [1.82, 2.24) is 9.55 Å². The number of methoxy groups -OCH3 is 1. The van der Waals surface area contributed by atoms with Crippen LogP contribution in [0.5, 0.6) is 11.5 Å². The molecule has 0 aliphatic rings. The highest BCUT2D eigenvalue weighted by molar-refractivity contribution is 7.14. The standard InChI is InChI=1S/C21H17F2N3O3S/c1-28-14-6-7-17-13(10-14)8-9-26(17)11-19(27)25-21-24-16(12-30-21)15-4-2-3-5-18(15)29-20(22)23/h2-10,12,20H,11H2,1H3,(H,24,25,27). The Balaban J connectivity index is 1.48. The van der Waals surface area contributed by atoms with Gasteiger partial charge in [-0.2, -0.15) is 8.78 Å². The second-order valence-corrected chi connectivity index (χ2v) is 7.19. The van der Waals surface area contributed by atoms with Crippen molar-refractivity contribution >= 4 is 33.3 Å². The van der Waals surface area contributed by atoms with Gasteiger partial charge < -0.3 is 19.4 Å². The summed E-state index contributed by atoms with van der Waals surface area (Å²) in [5.74, 6) is 0.530. The SMILES string of the molecule is COc1ccc2c(ccn2CC(=O)Nc2nc(-c3ccccc3OC(F)F)cs2)c1. The van der Waals surface area contributed by atoms with Crippen LogP contribution in [0.25, 0.3) is 22.2 Å². The molecule has 1 N–H and O–H groups in total. The molecule has 0 saturated heterocycles. The predicted molar refractivity (Wildman–Crippen MR) is 111 cm³/mol. The predicted octanol–water partition coefficient (Wildman–Crippen LogP) is 5.01. The molecular weight excluding hydrogens is 412 g/mol. The summed E-state index contributed by atoms with van der Waals surface area (Å²) in [5.41, 5.74) is 1.79. The largest absolute Gasteiger partial charge is 0.497 e. The summed E-state index contributed by atoms with van der Waals surface area (Å²) in [7, 11) is 1.60. The molecule has 4 rings (SSSR count). The van der Waals surface area contributed by atoms with Crippen LogP contribution in [0.1, 0.15) is 0 Å². The third kappa shape index (κ3) is 4.25. The average molecular weight is 429 g/mol. The van der Waals surface area contributed by atoms with Gasteiger partial charge in [0.05, 0.1) is 12.8 Å². The lowest BCUT2D eigenvalue weighted by Gasteiger charge is -2.08. The Labute approximate surface area is 174 Å². The number of benzene rings is 2. The van der Waals surface area contributed by atoms with Crippen molar-refractivity contribution in [3.63, 3.8) is 0 Å². The summed E-state index contributed by atoms with van der Waals surface area (Å²) in [5, 5.41) is 5.77. The summed E-state index contributed by atoms with van der Waals surface area (Å²) in [6.45, 7) is -2.82. The first-order valence-electron chi connectivity index (χ1n) is 8.96.